The van der Waals surface area contributed by atoms with Crippen molar-refractivity contribution in [1.82, 2.24) is 9.25 Å². The minimum Gasteiger partial charge on any atom is -0.269 e. The van der Waals surface area contributed by atoms with E-state index in [0.717, 1.165) is 23.8 Å². The van der Waals surface area contributed by atoms with Gasteiger partial charge in [0, 0.05) is 46.0 Å². The molecule has 8 nitrogen and oxygen atoms in total. The highest BCUT2D eigenvalue weighted by atomic mass is 32.2. The molecule has 2 aromatic rings. The van der Waals surface area contributed by atoms with Crippen LogP contribution in [0.3, 0.4) is 0 Å². The molecule has 0 atom stereocenters. The maximum Gasteiger partial charge on any atom is 0.258 e. The molecule has 0 aliphatic carbocycles. The van der Waals surface area contributed by atoms with Gasteiger partial charge in [0.15, 0.2) is 0 Å². The Morgan fingerprint density at radius 1 is 0.636 bits per heavy atom. The molecule has 0 unspecified atom stereocenters. The average Bonchev–Trinajstić information content (AvgIpc) is 3.49. The molecule has 0 saturated heterocycles. The molecule has 3 heterocycles. The standard InChI is InChI=1S/C22H14N4O4S3/c27-18-9-10-19(28)25(18)14-1-5-16(6-2-14)31-22-13-24(23-32-22)33-17-7-3-15(4-8-17)26-20(29)11-12-21(26)30/h1-13,23H. The van der Waals surface area contributed by atoms with Crippen LogP contribution >= 0.6 is 35.7 Å². The number of amides is 4. The van der Waals surface area contributed by atoms with Gasteiger partial charge in [-0.3, -0.25) is 19.2 Å². The minimum atomic E-state index is -0.342. The lowest BCUT2D eigenvalue weighted by molar-refractivity contribution is -0.121. The molecule has 0 saturated carbocycles. The Labute approximate surface area is 201 Å². The first kappa shape index (κ1) is 21.6. The average molecular weight is 495 g/mol. The van der Waals surface area contributed by atoms with Gasteiger partial charge >= 0.3 is 0 Å². The van der Waals surface area contributed by atoms with E-state index < -0.39 is 0 Å². The van der Waals surface area contributed by atoms with Crippen molar-refractivity contribution >= 4 is 70.7 Å². The Balaban J connectivity index is 1.19. The lowest BCUT2D eigenvalue weighted by Crippen LogP contribution is -2.29. The summed E-state index contributed by atoms with van der Waals surface area (Å²) in [6.07, 6.45) is 7.00. The number of carbonyl (C=O) groups is 4. The summed E-state index contributed by atoms with van der Waals surface area (Å²) in [4.78, 5) is 54.5. The first-order valence-corrected chi connectivity index (χ1v) is 12.0. The van der Waals surface area contributed by atoms with Crippen molar-refractivity contribution in [2.24, 2.45) is 0 Å². The lowest BCUT2D eigenvalue weighted by Gasteiger charge is -2.16. The van der Waals surface area contributed by atoms with Crippen molar-refractivity contribution in [3.05, 3.63) is 83.3 Å². The zero-order valence-corrected chi connectivity index (χ0v) is 19.2. The number of hydrogen-bond acceptors (Lipinski definition) is 9. The van der Waals surface area contributed by atoms with Gasteiger partial charge in [-0.15, -0.1) is 0 Å². The van der Waals surface area contributed by atoms with Crippen LogP contribution in [-0.4, -0.2) is 28.0 Å². The van der Waals surface area contributed by atoms with E-state index in [0.29, 0.717) is 11.4 Å². The van der Waals surface area contributed by atoms with Gasteiger partial charge in [0.05, 0.1) is 21.8 Å². The number of benzene rings is 2. The largest absolute Gasteiger partial charge is 0.269 e. The molecule has 3 aliphatic heterocycles. The van der Waals surface area contributed by atoms with E-state index in [1.54, 1.807) is 36.0 Å². The van der Waals surface area contributed by atoms with Crippen LogP contribution in [0.25, 0.3) is 0 Å². The molecule has 33 heavy (non-hydrogen) atoms. The highest BCUT2D eigenvalue weighted by molar-refractivity contribution is 8.21. The van der Waals surface area contributed by atoms with Gasteiger partial charge in [0.1, 0.15) is 0 Å². The predicted octanol–water partition coefficient (Wildman–Crippen LogP) is 3.61. The fraction of sp³-hybridized carbons (Fsp3) is 0. The van der Waals surface area contributed by atoms with Crippen molar-refractivity contribution in [1.29, 1.82) is 0 Å². The summed E-state index contributed by atoms with van der Waals surface area (Å²) in [5.74, 6) is -1.36. The van der Waals surface area contributed by atoms with Crippen LogP contribution in [-0.2, 0) is 19.2 Å². The smallest absolute Gasteiger partial charge is 0.258 e. The summed E-state index contributed by atoms with van der Waals surface area (Å²) in [5.41, 5.74) is 1.07. The van der Waals surface area contributed by atoms with Crippen molar-refractivity contribution in [2.45, 2.75) is 9.79 Å². The number of nitrogens with one attached hydrogen (secondary N) is 1. The second kappa shape index (κ2) is 8.94. The van der Waals surface area contributed by atoms with Gasteiger partial charge in [-0.1, -0.05) is 11.8 Å². The molecule has 0 radical (unpaired) electrons. The quantitative estimate of drug-likeness (QED) is 0.478. The maximum atomic E-state index is 11.8. The molecule has 0 fully saturated rings. The summed E-state index contributed by atoms with van der Waals surface area (Å²) < 4.78 is 2.87. The van der Waals surface area contributed by atoms with Crippen LogP contribution in [0.4, 0.5) is 11.4 Å². The van der Waals surface area contributed by atoms with Crippen LogP contribution in [0.15, 0.2) is 93.1 Å². The Morgan fingerprint density at radius 3 is 1.58 bits per heavy atom. The van der Waals surface area contributed by atoms with Crippen molar-refractivity contribution < 1.29 is 19.2 Å². The van der Waals surface area contributed by atoms with Gasteiger partial charge < -0.3 is 0 Å². The van der Waals surface area contributed by atoms with Crippen LogP contribution in [0.1, 0.15) is 0 Å². The van der Waals surface area contributed by atoms with E-state index in [1.807, 2.05) is 34.9 Å². The summed E-state index contributed by atoms with van der Waals surface area (Å²) in [6.45, 7) is 0. The number of carbonyl (C=O) groups excluding carboxylic acids is 4. The highest BCUT2D eigenvalue weighted by Gasteiger charge is 2.26. The summed E-state index contributed by atoms with van der Waals surface area (Å²) in [6, 6.07) is 14.4. The van der Waals surface area contributed by atoms with Crippen LogP contribution in [0.2, 0.25) is 0 Å². The number of rotatable bonds is 6. The molecule has 164 valence electrons. The molecule has 11 heteroatoms. The molecule has 0 bridgehead atoms. The summed E-state index contributed by atoms with van der Waals surface area (Å²) in [5, 5.41) is 0. The Hall–Kier alpha value is -3.25. The van der Waals surface area contributed by atoms with Crippen LogP contribution in [0, 0.1) is 0 Å². The van der Waals surface area contributed by atoms with Gasteiger partial charge in [0.25, 0.3) is 23.6 Å². The molecule has 0 aromatic heterocycles. The Bertz CT molecular complexity index is 1220. The summed E-state index contributed by atoms with van der Waals surface area (Å²) >= 11 is 4.47. The van der Waals surface area contributed by atoms with Crippen LogP contribution in [0.5, 0.6) is 0 Å². The normalized spacial score (nSPS) is 17.7. The monoisotopic (exact) mass is 494 g/mol. The SMILES string of the molecule is O=C1C=CC(=O)N1c1ccc(SC2=CN(Sc3ccc(N4C(=O)C=CC4=O)cc3)NS2)cc1. The van der Waals surface area contributed by atoms with Crippen molar-refractivity contribution in [3.63, 3.8) is 0 Å². The van der Waals surface area contributed by atoms with Crippen LogP contribution < -0.4 is 14.6 Å². The number of nitrogens with zero attached hydrogens (tertiary/aromatic N) is 3. The third-order valence-corrected chi connectivity index (χ3v) is 7.59. The van der Waals surface area contributed by atoms with E-state index >= 15 is 0 Å². The predicted molar refractivity (Wildman–Crippen MR) is 129 cm³/mol. The fourth-order valence-electron chi connectivity index (χ4n) is 3.19. The molecule has 2 aromatic carbocycles. The summed E-state index contributed by atoms with van der Waals surface area (Å²) in [7, 11) is 0. The molecule has 4 amide bonds. The molecule has 1 N–H and O–H groups in total. The van der Waals surface area contributed by atoms with Gasteiger partial charge in [-0.05, 0) is 60.5 Å². The van der Waals surface area contributed by atoms with E-state index in [1.165, 1.54) is 48.2 Å². The van der Waals surface area contributed by atoms with E-state index in [2.05, 4.69) is 4.83 Å². The second-order valence-corrected chi connectivity index (χ2v) is 10.1. The number of anilines is 2. The first-order chi connectivity index (χ1) is 16.0. The van der Waals surface area contributed by atoms with E-state index in [4.69, 9.17) is 0 Å². The number of hydrazine groups is 1. The molecule has 5 rings (SSSR count). The fourth-order valence-corrected chi connectivity index (χ4v) is 5.85. The Kier molecular flexibility index (Phi) is 5.85. The van der Waals surface area contributed by atoms with Gasteiger partial charge in [-0.25, -0.2) is 14.2 Å². The van der Waals surface area contributed by atoms with Gasteiger partial charge in [-0.2, -0.15) is 4.83 Å². The topological polar surface area (TPSA) is 90.0 Å². The molecular weight excluding hydrogens is 480 g/mol. The number of hydrogen-bond donors (Lipinski definition) is 1. The second-order valence-electron chi connectivity index (χ2n) is 6.84. The van der Waals surface area contributed by atoms with E-state index in [9.17, 15) is 19.2 Å². The zero-order valence-electron chi connectivity index (χ0n) is 16.7. The highest BCUT2D eigenvalue weighted by Crippen LogP contribution is 2.40. The van der Waals surface area contributed by atoms with E-state index in [-0.39, 0.29) is 23.6 Å². The lowest BCUT2D eigenvalue weighted by atomic mass is 10.3. The van der Waals surface area contributed by atoms with Crippen molar-refractivity contribution in [3.8, 4) is 0 Å². The third-order valence-electron chi connectivity index (χ3n) is 4.69. The maximum absolute atomic E-state index is 11.8. The molecular formula is C22H14N4O4S3. The third kappa shape index (κ3) is 4.48. The number of imide groups is 2. The zero-order chi connectivity index (χ0) is 22.9. The number of thioether (sulfide) groups is 1. The minimum absolute atomic E-state index is 0.338. The Morgan fingerprint density at radius 2 is 1.09 bits per heavy atom. The first-order valence-electron chi connectivity index (χ1n) is 9.60. The molecule has 3 aliphatic rings. The van der Waals surface area contributed by atoms with Gasteiger partial charge in [0.2, 0.25) is 0 Å². The molecule has 0 spiro atoms. The van der Waals surface area contributed by atoms with Crippen molar-refractivity contribution in [2.75, 3.05) is 9.80 Å².